The van der Waals surface area contributed by atoms with Gasteiger partial charge in [-0.05, 0) is 41.4 Å². The Hall–Kier alpha value is -3.74. The fraction of sp³-hybridized carbons (Fsp3) is 0.192. The van der Waals surface area contributed by atoms with E-state index in [-0.39, 0.29) is 17.0 Å². The van der Waals surface area contributed by atoms with Gasteiger partial charge in [-0.1, -0.05) is 41.7 Å². The maximum Gasteiger partial charge on any atom is 0.384 e. The number of aliphatic imine (C=N–C) groups is 1. The van der Waals surface area contributed by atoms with Crippen molar-refractivity contribution in [2.24, 2.45) is 12.0 Å². The highest BCUT2D eigenvalue weighted by Gasteiger charge is 2.39. The van der Waals surface area contributed by atoms with Crippen LogP contribution in [0.2, 0.25) is 0 Å². The van der Waals surface area contributed by atoms with Crippen LogP contribution in [0.3, 0.4) is 0 Å². The van der Waals surface area contributed by atoms with Gasteiger partial charge in [0.15, 0.2) is 15.8 Å². The zero-order valence-electron chi connectivity index (χ0n) is 20.8. The van der Waals surface area contributed by atoms with E-state index in [2.05, 4.69) is 4.98 Å². The summed E-state index contributed by atoms with van der Waals surface area (Å²) in [7, 11) is 3.79. The number of aryl methyl sites for hydroxylation is 1. The lowest BCUT2D eigenvalue weighted by atomic mass is 10.2. The molecular formula is C26H23N6O3S3+. The number of carbonyl (C=O) groups excluding carboxylic acids is 1. The highest BCUT2D eigenvalue weighted by Crippen LogP contribution is 2.34. The van der Waals surface area contributed by atoms with Gasteiger partial charge in [0.2, 0.25) is 5.55 Å². The first-order chi connectivity index (χ1) is 18.4. The Morgan fingerprint density at radius 1 is 1.18 bits per heavy atom. The number of thiazole rings is 2. The van der Waals surface area contributed by atoms with Crippen molar-refractivity contribution in [1.29, 1.82) is 0 Å². The average molecular weight is 564 g/mol. The van der Waals surface area contributed by atoms with E-state index in [4.69, 9.17) is 9.41 Å². The molecule has 0 radical (unpaired) electrons. The number of rotatable bonds is 4. The van der Waals surface area contributed by atoms with E-state index in [0.717, 1.165) is 10.7 Å². The van der Waals surface area contributed by atoms with Crippen LogP contribution in [0.1, 0.15) is 12.5 Å². The predicted octanol–water partition coefficient (Wildman–Crippen LogP) is 2.41. The highest BCUT2D eigenvalue weighted by molar-refractivity contribution is 8.23. The van der Waals surface area contributed by atoms with Crippen molar-refractivity contribution in [3.63, 3.8) is 0 Å². The Morgan fingerprint density at radius 2 is 2.00 bits per heavy atom. The Labute approximate surface area is 229 Å². The summed E-state index contributed by atoms with van der Waals surface area (Å²) in [6, 6.07) is 9.81. The molecule has 0 aliphatic carbocycles. The van der Waals surface area contributed by atoms with Crippen LogP contribution in [0, 0.1) is 10.1 Å². The number of oxazole rings is 1. The van der Waals surface area contributed by atoms with Crippen molar-refractivity contribution in [2.75, 3.05) is 11.9 Å². The molecule has 4 aromatic rings. The average Bonchev–Trinajstić information content (AvgIpc) is 3.67. The minimum absolute atomic E-state index is 0.184. The van der Waals surface area contributed by atoms with Gasteiger partial charge in [-0.3, -0.25) is 19.1 Å². The number of amides is 1. The number of hydrogen-bond acceptors (Lipinski definition) is 9. The molecule has 1 aromatic carbocycles. The number of aromatic nitrogens is 3. The van der Waals surface area contributed by atoms with Crippen molar-refractivity contribution in [3.8, 4) is 0 Å². The van der Waals surface area contributed by atoms with Gasteiger partial charge in [0.05, 0.1) is 13.6 Å². The Kier molecular flexibility index (Phi) is 6.38. The van der Waals surface area contributed by atoms with Gasteiger partial charge < -0.3 is 9.32 Å². The first-order valence-corrected chi connectivity index (χ1v) is 14.4. The van der Waals surface area contributed by atoms with Crippen LogP contribution in [0.5, 0.6) is 0 Å². The van der Waals surface area contributed by atoms with Crippen LogP contribution in [0.4, 0.5) is 10.9 Å². The third-order valence-electron chi connectivity index (χ3n) is 6.11. The summed E-state index contributed by atoms with van der Waals surface area (Å²) < 4.78 is 10.4. The third-order valence-corrected chi connectivity index (χ3v) is 9.33. The van der Waals surface area contributed by atoms with E-state index in [1.165, 1.54) is 34.4 Å². The first-order valence-electron chi connectivity index (χ1n) is 11.9. The number of thioether (sulfide) groups is 1. The standard InChI is InChI=1S/C26H23N6O3S3/c1-4-31-22(33)18(21-27-20-17(35-21)11-8-12-29(20)2)37-24(31)19-23(34)32(15-16-9-6-5-7-10-16)26(38-19)28-25-30(3)13-14-36-25/h5-14H,4,15H2,1-3H3/q+1/b21-18-,24-19?. The smallest absolute Gasteiger partial charge is 0.384 e. The SMILES string of the molecule is CCn1c(=C2SC(=Nc3scc[n+]3C)N(Cc3ccccc3)C2=O)s/c(=c2/nc3c(o2)=CC=CN3C)c1=O. The molecule has 0 N–H and O–H groups in total. The Balaban J connectivity index is 1.56. The van der Waals surface area contributed by atoms with E-state index >= 15 is 0 Å². The van der Waals surface area contributed by atoms with E-state index in [1.54, 1.807) is 9.47 Å². The summed E-state index contributed by atoms with van der Waals surface area (Å²) in [6.07, 6.45) is 7.48. The molecule has 3 aromatic heterocycles. The minimum atomic E-state index is -0.229. The number of hydrogen-bond donors (Lipinski definition) is 0. The molecule has 9 nitrogen and oxygen atoms in total. The molecule has 0 spiro atoms. The van der Waals surface area contributed by atoms with Gasteiger partial charge in [-0.2, -0.15) is 4.98 Å². The van der Waals surface area contributed by atoms with Crippen molar-refractivity contribution in [2.45, 2.75) is 20.0 Å². The number of allylic oxidation sites excluding steroid dienone is 1. The predicted molar refractivity (Wildman–Crippen MR) is 150 cm³/mol. The van der Waals surface area contributed by atoms with Crippen molar-refractivity contribution >= 4 is 67.4 Å². The second-order valence-electron chi connectivity index (χ2n) is 8.61. The van der Waals surface area contributed by atoms with Gasteiger partial charge in [-0.25, -0.2) is 4.57 Å². The van der Waals surface area contributed by atoms with Crippen LogP contribution >= 0.6 is 34.4 Å². The van der Waals surface area contributed by atoms with Crippen LogP contribution in [0.25, 0.3) is 11.0 Å². The number of amidine groups is 1. The van der Waals surface area contributed by atoms with Gasteiger partial charge >= 0.3 is 5.13 Å². The molecule has 1 amide bonds. The lowest BCUT2D eigenvalue weighted by Crippen LogP contribution is -2.32. The maximum absolute atomic E-state index is 13.9. The number of carbonyl (C=O) groups is 1. The summed E-state index contributed by atoms with van der Waals surface area (Å²) in [6.45, 7) is 2.67. The molecule has 1 saturated heterocycles. The molecule has 0 bridgehead atoms. The summed E-state index contributed by atoms with van der Waals surface area (Å²) in [5, 5.41) is 3.30. The van der Waals surface area contributed by atoms with Crippen LogP contribution in [-0.2, 0) is 24.9 Å². The van der Waals surface area contributed by atoms with Crippen molar-refractivity contribution in [1.82, 2.24) is 14.5 Å². The number of fused-ring (bicyclic) bond motifs is 1. The minimum Gasteiger partial charge on any atom is -0.433 e. The summed E-state index contributed by atoms with van der Waals surface area (Å²) in [4.78, 5) is 40.8. The molecule has 0 saturated carbocycles. The second-order valence-corrected chi connectivity index (χ2v) is 11.5. The molecule has 1 fully saturated rings. The molecule has 6 rings (SSSR count). The van der Waals surface area contributed by atoms with E-state index in [9.17, 15) is 9.59 Å². The molecule has 0 unspecified atom stereocenters. The fourth-order valence-corrected chi connectivity index (χ4v) is 7.23. The zero-order valence-corrected chi connectivity index (χ0v) is 23.3. The van der Waals surface area contributed by atoms with Crippen molar-refractivity contribution in [3.05, 3.63) is 90.3 Å². The molecule has 0 atom stereocenters. The normalized spacial score (nSPS) is 18.4. The van der Waals surface area contributed by atoms with Crippen LogP contribution < -0.4 is 25.1 Å². The monoisotopic (exact) mass is 563 g/mol. The molecule has 192 valence electrons. The summed E-state index contributed by atoms with van der Waals surface area (Å²) in [5.74, 6) is 0.460. The van der Waals surface area contributed by atoms with Crippen LogP contribution in [0.15, 0.2) is 68.4 Å². The van der Waals surface area contributed by atoms with Crippen molar-refractivity contribution < 1.29 is 13.8 Å². The quantitative estimate of drug-likeness (QED) is 0.355. The Morgan fingerprint density at radius 3 is 2.71 bits per heavy atom. The topological polar surface area (TPSA) is 87.8 Å². The summed E-state index contributed by atoms with van der Waals surface area (Å²) in [5.41, 5.74) is 1.60. The van der Waals surface area contributed by atoms with Gasteiger partial charge in [0, 0.05) is 25.2 Å². The second kappa shape index (κ2) is 9.86. The summed E-state index contributed by atoms with van der Waals surface area (Å²) >= 11 is 4.02. The zero-order chi connectivity index (χ0) is 26.4. The van der Waals surface area contributed by atoms with Gasteiger partial charge in [0.25, 0.3) is 16.6 Å². The molecule has 5 heterocycles. The Bertz CT molecular complexity index is 1900. The van der Waals surface area contributed by atoms with E-state index in [0.29, 0.717) is 43.6 Å². The van der Waals surface area contributed by atoms with E-state index in [1.807, 2.05) is 90.7 Å². The third kappa shape index (κ3) is 4.24. The lowest BCUT2D eigenvalue weighted by molar-refractivity contribution is -0.653. The largest absolute Gasteiger partial charge is 0.433 e. The van der Waals surface area contributed by atoms with Gasteiger partial charge in [0.1, 0.15) is 15.8 Å². The van der Waals surface area contributed by atoms with E-state index < -0.39 is 0 Å². The first kappa shape index (κ1) is 24.6. The highest BCUT2D eigenvalue weighted by atomic mass is 32.2. The fourth-order valence-electron chi connectivity index (χ4n) is 4.15. The number of nitrogens with zero attached hydrogens (tertiary/aromatic N) is 6. The number of anilines is 1. The maximum atomic E-state index is 13.9. The lowest BCUT2D eigenvalue weighted by Gasteiger charge is -2.12. The number of benzene rings is 1. The van der Waals surface area contributed by atoms with Crippen LogP contribution in [-0.4, -0.2) is 32.6 Å². The van der Waals surface area contributed by atoms with Gasteiger partial charge in [-0.15, -0.1) is 11.3 Å². The molecule has 2 aliphatic heterocycles. The molecular weight excluding hydrogens is 541 g/mol. The molecule has 12 heteroatoms. The molecule has 2 aliphatic rings. The molecule has 38 heavy (non-hydrogen) atoms.